The monoisotopic (exact) mass is 470 g/mol. The summed E-state index contributed by atoms with van der Waals surface area (Å²) in [4.78, 5) is 14.3. The maximum Gasteiger partial charge on any atom is 0.410 e. The fraction of sp³-hybridized carbons (Fsp3) is 0.696. The number of piperidine rings is 1. The SMILES string of the molecule is COc1cc2c(cc1Cl)[C@H](N[S@+]([O-])C(C)(C)C)C1(CCN(C(=O)OC(C)(C)C)CC1)C2. The number of halogens is 1. The first-order valence-electron chi connectivity index (χ1n) is 10.8. The van der Waals surface area contributed by atoms with Crippen LogP contribution in [0.15, 0.2) is 12.1 Å². The molecule has 31 heavy (non-hydrogen) atoms. The summed E-state index contributed by atoms with van der Waals surface area (Å²) in [5.41, 5.74) is 1.58. The van der Waals surface area contributed by atoms with Crippen LogP contribution in [0.1, 0.15) is 71.6 Å². The molecular weight excluding hydrogens is 436 g/mol. The molecule has 0 unspecified atom stereocenters. The summed E-state index contributed by atoms with van der Waals surface area (Å²) in [7, 11) is 1.61. The first-order chi connectivity index (χ1) is 14.3. The molecule has 1 aromatic rings. The van der Waals surface area contributed by atoms with Gasteiger partial charge in [-0.05, 0) is 84.1 Å². The summed E-state index contributed by atoms with van der Waals surface area (Å²) in [6.07, 6.45) is 2.14. The Bertz CT molecular complexity index is 826. The largest absolute Gasteiger partial charge is 0.598 e. The number of amides is 1. The summed E-state index contributed by atoms with van der Waals surface area (Å²) in [6.45, 7) is 12.7. The molecule has 3 rings (SSSR count). The van der Waals surface area contributed by atoms with Crippen LogP contribution in [0.25, 0.3) is 0 Å². The molecule has 1 amide bonds. The summed E-state index contributed by atoms with van der Waals surface area (Å²) in [5.74, 6) is 0.652. The van der Waals surface area contributed by atoms with Gasteiger partial charge in [-0.2, -0.15) is 0 Å². The third kappa shape index (κ3) is 5.27. The van der Waals surface area contributed by atoms with Crippen molar-refractivity contribution in [3.8, 4) is 5.75 Å². The Hall–Kier alpha value is -1.15. The minimum absolute atomic E-state index is 0.105. The van der Waals surface area contributed by atoms with Gasteiger partial charge in [0.1, 0.15) is 16.1 Å². The predicted octanol–water partition coefficient (Wildman–Crippen LogP) is 5.01. The van der Waals surface area contributed by atoms with Crippen molar-refractivity contribution < 1.29 is 18.8 Å². The third-order valence-electron chi connectivity index (χ3n) is 6.07. The minimum Gasteiger partial charge on any atom is -0.598 e. The van der Waals surface area contributed by atoms with E-state index in [1.807, 2.05) is 53.7 Å². The van der Waals surface area contributed by atoms with Gasteiger partial charge in [-0.15, -0.1) is 4.72 Å². The van der Waals surface area contributed by atoms with E-state index in [1.54, 1.807) is 12.0 Å². The smallest absolute Gasteiger partial charge is 0.410 e. The molecule has 0 bridgehead atoms. The van der Waals surface area contributed by atoms with E-state index < -0.39 is 21.7 Å². The topological polar surface area (TPSA) is 73.9 Å². The van der Waals surface area contributed by atoms with Gasteiger partial charge in [-0.1, -0.05) is 11.6 Å². The molecule has 0 aromatic heterocycles. The lowest BCUT2D eigenvalue weighted by Gasteiger charge is -2.43. The number of ether oxygens (including phenoxy) is 2. The van der Waals surface area contributed by atoms with E-state index in [1.165, 1.54) is 0 Å². The zero-order chi connectivity index (χ0) is 23.2. The van der Waals surface area contributed by atoms with Gasteiger partial charge in [-0.25, -0.2) is 4.79 Å². The highest BCUT2D eigenvalue weighted by molar-refractivity contribution is 7.90. The third-order valence-corrected chi connectivity index (χ3v) is 7.93. The summed E-state index contributed by atoms with van der Waals surface area (Å²) >= 11 is 5.22. The molecule has 1 fully saturated rings. The lowest BCUT2D eigenvalue weighted by Crippen LogP contribution is -2.51. The quantitative estimate of drug-likeness (QED) is 0.628. The lowest BCUT2D eigenvalue weighted by molar-refractivity contribution is 0.00716. The number of benzene rings is 1. The van der Waals surface area contributed by atoms with Crippen LogP contribution in [0, 0.1) is 5.41 Å². The summed E-state index contributed by atoms with van der Waals surface area (Å²) in [6, 6.07) is 3.84. The number of hydrogen-bond acceptors (Lipinski definition) is 5. The van der Waals surface area contributed by atoms with Gasteiger partial charge < -0.3 is 18.9 Å². The zero-order valence-electron chi connectivity index (χ0n) is 19.6. The van der Waals surface area contributed by atoms with Gasteiger partial charge in [0, 0.05) is 29.9 Å². The van der Waals surface area contributed by atoms with Crippen molar-refractivity contribution in [2.75, 3.05) is 20.2 Å². The van der Waals surface area contributed by atoms with Crippen molar-refractivity contribution in [2.45, 2.75) is 77.2 Å². The van der Waals surface area contributed by atoms with Crippen LogP contribution in [0.5, 0.6) is 5.75 Å². The number of hydrogen-bond donors (Lipinski definition) is 1. The molecule has 1 aliphatic heterocycles. The Morgan fingerprint density at radius 1 is 1.23 bits per heavy atom. The van der Waals surface area contributed by atoms with Gasteiger partial charge >= 0.3 is 6.09 Å². The van der Waals surface area contributed by atoms with E-state index in [-0.39, 0.29) is 17.6 Å². The van der Waals surface area contributed by atoms with Crippen molar-refractivity contribution in [3.05, 3.63) is 28.3 Å². The van der Waals surface area contributed by atoms with Crippen LogP contribution in [0.3, 0.4) is 0 Å². The van der Waals surface area contributed by atoms with Crippen molar-refractivity contribution in [1.29, 1.82) is 0 Å². The van der Waals surface area contributed by atoms with E-state index in [0.29, 0.717) is 23.9 Å². The van der Waals surface area contributed by atoms with Crippen molar-refractivity contribution in [2.24, 2.45) is 5.41 Å². The van der Waals surface area contributed by atoms with Crippen LogP contribution >= 0.6 is 11.6 Å². The molecule has 8 heteroatoms. The lowest BCUT2D eigenvalue weighted by atomic mass is 9.73. The van der Waals surface area contributed by atoms with Gasteiger partial charge in [0.05, 0.1) is 18.2 Å². The Kier molecular flexibility index (Phi) is 6.84. The molecule has 1 saturated heterocycles. The predicted molar refractivity (Wildman–Crippen MR) is 125 cm³/mol. The van der Waals surface area contributed by atoms with Gasteiger partial charge in [-0.3, -0.25) is 0 Å². The molecule has 6 nitrogen and oxygen atoms in total. The van der Waals surface area contributed by atoms with Crippen LogP contribution in [-0.2, 0) is 22.5 Å². The van der Waals surface area contributed by atoms with E-state index >= 15 is 0 Å². The van der Waals surface area contributed by atoms with Crippen molar-refractivity contribution in [1.82, 2.24) is 9.62 Å². The van der Waals surface area contributed by atoms with Gasteiger partial charge in [0.25, 0.3) is 0 Å². The van der Waals surface area contributed by atoms with Crippen LogP contribution in [0.2, 0.25) is 5.02 Å². The highest BCUT2D eigenvalue weighted by Crippen LogP contribution is 2.54. The first kappa shape index (κ1) is 24.5. The van der Waals surface area contributed by atoms with E-state index in [9.17, 15) is 9.35 Å². The fourth-order valence-corrected chi connectivity index (χ4v) is 5.59. The highest BCUT2D eigenvalue weighted by atomic mass is 35.5. The Morgan fingerprint density at radius 3 is 2.35 bits per heavy atom. The molecule has 1 heterocycles. The molecule has 0 radical (unpaired) electrons. The zero-order valence-corrected chi connectivity index (χ0v) is 21.2. The number of nitrogens with one attached hydrogen (secondary N) is 1. The highest BCUT2D eigenvalue weighted by Gasteiger charge is 2.51. The van der Waals surface area contributed by atoms with E-state index in [4.69, 9.17) is 21.1 Å². The van der Waals surface area contributed by atoms with E-state index in [0.717, 1.165) is 30.4 Å². The maximum absolute atomic E-state index is 13.1. The maximum atomic E-state index is 13.1. The second-order valence-electron chi connectivity index (χ2n) is 10.6. The van der Waals surface area contributed by atoms with Crippen LogP contribution in [0.4, 0.5) is 4.79 Å². The minimum atomic E-state index is -1.24. The number of carbonyl (C=O) groups excluding carboxylic acids is 1. The second-order valence-corrected chi connectivity index (χ2v) is 13.0. The molecule has 1 aliphatic carbocycles. The molecule has 1 aromatic carbocycles. The fourth-order valence-electron chi connectivity index (χ4n) is 4.40. The Balaban J connectivity index is 1.87. The number of carbonyl (C=O) groups is 1. The number of likely N-dealkylation sites (tertiary alicyclic amines) is 1. The van der Waals surface area contributed by atoms with Crippen LogP contribution in [-0.4, -0.2) is 46.1 Å². The molecule has 2 aliphatic rings. The average Bonchev–Trinajstić information content (AvgIpc) is 2.91. The molecule has 174 valence electrons. The standard InChI is InChI=1S/C23H35ClN2O4S/c1-21(2,3)30-20(27)26-10-8-23(9-11-26)14-15-12-18(29-7)17(24)13-16(15)19(23)25-31(28)22(4,5)6/h12-13,19,25H,8-11,14H2,1-7H3/t19-,31+/m0/s1. The first-order valence-corrected chi connectivity index (χ1v) is 12.3. The van der Waals surface area contributed by atoms with Gasteiger partial charge in [0.2, 0.25) is 0 Å². The summed E-state index contributed by atoms with van der Waals surface area (Å²) in [5, 5.41) is 0.554. The molecule has 0 saturated carbocycles. The molecular formula is C23H35ClN2O4S. The van der Waals surface area contributed by atoms with Crippen molar-refractivity contribution >= 4 is 29.1 Å². The Labute approximate surface area is 194 Å². The molecule has 2 atom stereocenters. The summed E-state index contributed by atoms with van der Waals surface area (Å²) < 4.78 is 27.1. The normalized spacial score (nSPS) is 21.7. The van der Waals surface area contributed by atoms with Crippen LogP contribution < -0.4 is 9.46 Å². The van der Waals surface area contributed by atoms with Gasteiger partial charge in [0.15, 0.2) is 0 Å². The number of nitrogens with zero attached hydrogens (tertiary/aromatic N) is 1. The average molecular weight is 471 g/mol. The van der Waals surface area contributed by atoms with E-state index in [2.05, 4.69) is 4.72 Å². The number of methoxy groups -OCH3 is 1. The molecule has 1 N–H and O–H groups in total. The van der Waals surface area contributed by atoms with Crippen molar-refractivity contribution in [3.63, 3.8) is 0 Å². The second kappa shape index (κ2) is 8.65. The molecule has 1 spiro atoms. The Morgan fingerprint density at radius 2 is 1.84 bits per heavy atom. The number of fused-ring (bicyclic) bond motifs is 1. The number of rotatable bonds is 3.